The zero-order valence-electron chi connectivity index (χ0n) is 26.4. The number of benzene rings is 4. The van der Waals surface area contributed by atoms with Crippen LogP contribution in [0.3, 0.4) is 0 Å². The molecule has 1 unspecified atom stereocenters. The highest BCUT2D eigenvalue weighted by Gasteiger charge is 2.43. The molecule has 0 heterocycles. The molecular formula is C40H47OS+. The van der Waals surface area contributed by atoms with E-state index in [0.29, 0.717) is 5.78 Å². The maximum absolute atomic E-state index is 13.6. The van der Waals surface area contributed by atoms with E-state index in [1.165, 1.54) is 48.1 Å². The van der Waals surface area contributed by atoms with Gasteiger partial charge in [-0.3, -0.25) is 4.79 Å². The molecule has 5 rings (SSSR count). The van der Waals surface area contributed by atoms with Crippen molar-refractivity contribution in [2.24, 2.45) is 5.92 Å². The molecule has 1 aliphatic carbocycles. The lowest BCUT2D eigenvalue weighted by Gasteiger charge is -2.30. The van der Waals surface area contributed by atoms with Crippen LogP contribution in [0.5, 0.6) is 0 Å². The first-order chi connectivity index (χ1) is 20.4. The predicted octanol–water partition coefficient (Wildman–Crippen LogP) is 11.0. The van der Waals surface area contributed by atoms with Crippen molar-refractivity contribution in [3.05, 3.63) is 113 Å². The van der Waals surface area contributed by atoms with Crippen LogP contribution in [0, 0.1) is 5.92 Å². The molecule has 0 amide bonds. The van der Waals surface area contributed by atoms with Gasteiger partial charge >= 0.3 is 0 Å². The van der Waals surface area contributed by atoms with Crippen molar-refractivity contribution in [2.45, 2.75) is 107 Å². The van der Waals surface area contributed by atoms with E-state index >= 15 is 0 Å². The number of fused-ring (bicyclic) bond motifs is 3. The summed E-state index contributed by atoms with van der Waals surface area (Å²) in [4.78, 5) is 17.7. The molecule has 2 heteroatoms. The fourth-order valence-corrected chi connectivity index (χ4v) is 9.07. The van der Waals surface area contributed by atoms with Crippen LogP contribution in [0.25, 0.3) is 11.1 Å². The standard InChI is InChI=1S/C40H47OS/c1-7-13-30(10-4)39(41)31-18-24-35-36-25-23-34(27-38(36)40(11-5,12-6)37(35)26-31)42(32-19-14-28(8-2)15-20-32)33-21-16-29(9-3)17-22-33/h14-27,30H,7-13H2,1-6H3/q+1. The number of Topliss-reactive ketones (excluding diaryl/α,β-unsaturated/α-hetero) is 1. The molecule has 42 heavy (non-hydrogen) atoms. The summed E-state index contributed by atoms with van der Waals surface area (Å²) in [5.74, 6) is 0.425. The zero-order chi connectivity index (χ0) is 29.9. The lowest BCUT2D eigenvalue weighted by molar-refractivity contribution is 0.0909. The van der Waals surface area contributed by atoms with Crippen LogP contribution in [0.4, 0.5) is 0 Å². The molecule has 1 aliphatic rings. The second-order valence-corrected chi connectivity index (χ2v) is 13.8. The summed E-state index contributed by atoms with van der Waals surface area (Å²) < 4.78 is 0. The summed E-state index contributed by atoms with van der Waals surface area (Å²) in [5.41, 5.74) is 8.96. The minimum atomic E-state index is -0.206. The number of rotatable bonds is 12. The Morgan fingerprint density at radius 3 is 1.62 bits per heavy atom. The van der Waals surface area contributed by atoms with Gasteiger partial charge in [0.05, 0.1) is 10.9 Å². The van der Waals surface area contributed by atoms with E-state index in [9.17, 15) is 4.79 Å². The first-order valence-corrected chi connectivity index (χ1v) is 17.4. The fraction of sp³-hybridized carbons (Fsp3) is 0.375. The average Bonchev–Trinajstić information content (AvgIpc) is 3.32. The van der Waals surface area contributed by atoms with Crippen molar-refractivity contribution in [1.82, 2.24) is 0 Å². The molecule has 0 fully saturated rings. The highest BCUT2D eigenvalue weighted by molar-refractivity contribution is 7.97. The highest BCUT2D eigenvalue weighted by atomic mass is 32.2. The van der Waals surface area contributed by atoms with Gasteiger partial charge < -0.3 is 0 Å². The summed E-state index contributed by atoms with van der Waals surface area (Å²) in [6, 6.07) is 32.3. The topological polar surface area (TPSA) is 17.1 Å². The fourth-order valence-electron chi connectivity index (χ4n) is 7.00. The van der Waals surface area contributed by atoms with Gasteiger partial charge in [0.15, 0.2) is 20.5 Å². The summed E-state index contributed by atoms with van der Waals surface area (Å²) in [6.07, 6.45) is 7.04. The van der Waals surface area contributed by atoms with Crippen LogP contribution in [0.1, 0.15) is 106 Å². The van der Waals surface area contributed by atoms with E-state index in [1.807, 2.05) is 0 Å². The van der Waals surface area contributed by atoms with Crippen LogP contribution in [0.2, 0.25) is 0 Å². The molecule has 0 spiro atoms. The Morgan fingerprint density at radius 1 is 0.643 bits per heavy atom. The number of carbonyl (C=O) groups is 1. The summed E-state index contributed by atoms with van der Waals surface area (Å²) >= 11 is 0. The molecule has 0 bridgehead atoms. The molecule has 0 aliphatic heterocycles. The second kappa shape index (κ2) is 13.0. The molecule has 1 nitrogen and oxygen atoms in total. The van der Waals surface area contributed by atoms with E-state index in [-0.39, 0.29) is 22.2 Å². The Morgan fingerprint density at radius 2 is 1.14 bits per heavy atom. The Hall–Kier alpha value is -3.10. The average molecular weight is 576 g/mol. The smallest absolute Gasteiger partial charge is 0.166 e. The van der Waals surface area contributed by atoms with Crippen molar-refractivity contribution < 1.29 is 4.79 Å². The summed E-state index contributed by atoms with van der Waals surface area (Å²) in [7, 11) is -0.206. The van der Waals surface area contributed by atoms with Gasteiger partial charge in [0.2, 0.25) is 0 Å². The van der Waals surface area contributed by atoms with Gasteiger partial charge in [-0.15, -0.1) is 0 Å². The van der Waals surface area contributed by atoms with Crippen molar-refractivity contribution in [1.29, 1.82) is 0 Å². The molecule has 218 valence electrons. The Balaban J connectivity index is 1.64. The summed E-state index contributed by atoms with van der Waals surface area (Å²) in [6.45, 7) is 13.4. The lowest BCUT2D eigenvalue weighted by Crippen LogP contribution is -2.24. The third kappa shape index (κ3) is 5.39. The molecule has 0 aromatic heterocycles. The molecule has 0 radical (unpaired) electrons. The normalized spacial score (nSPS) is 14.1. The van der Waals surface area contributed by atoms with Gasteiger partial charge in [0, 0.05) is 16.9 Å². The molecule has 1 atom stereocenters. The molecule has 0 saturated heterocycles. The predicted molar refractivity (Wildman–Crippen MR) is 180 cm³/mol. The summed E-state index contributed by atoms with van der Waals surface area (Å²) in [5, 5.41) is 0. The molecular weight excluding hydrogens is 529 g/mol. The Kier molecular flexibility index (Phi) is 9.43. The molecule has 0 saturated carbocycles. The zero-order valence-corrected chi connectivity index (χ0v) is 27.2. The number of carbonyl (C=O) groups excluding carboxylic acids is 1. The third-order valence-electron chi connectivity index (χ3n) is 9.69. The van der Waals surface area contributed by atoms with Gasteiger partial charge in [-0.2, -0.15) is 0 Å². The van der Waals surface area contributed by atoms with Crippen molar-refractivity contribution in [2.75, 3.05) is 0 Å². The van der Waals surface area contributed by atoms with Gasteiger partial charge in [-0.25, -0.2) is 0 Å². The van der Waals surface area contributed by atoms with E-state index in [2.05, 4.69) is 126 Å². The lowest BCUT2D eigenvalue weighted by atomic mass is 9.73. The van der Waals surface area contributed by atoms with Crippen LogP contribution in [0.15, 0.2) is 99.6 Å². The number of hydrogen-bond donors (Lipinski definition) is 0. The highest BCUT2D eigenvalue weighted by Crippen LogP contribution is 2.54. The molecule has 0 N–H and O–H groups in total. The van der Waals surface area contributed by atoms with Gasteiger partial charge in [-0.05, 0) is 120 Å². The van der Waals surface area contributed by atoms with Crippen LogP contribution in [-0.2, 0) is 29.2 Å². The first-order valence-electron chi connectivity index (χ1n) is 16.2. The Bertz CT molecular complexity index is 1480. The monoisotopic (exact) mass is 575 g/mol. The van der Waals surface area contributed by atoms with E-state index in [1.54, 1.807) is 0 Å². The minimum absolute atomic E-state index is 0.0867. The van der Waals surface area contributed by atoms with Crippen LogP contribution in [-0.4, -0.2) is 5.78 Å². The number of aryl methyl sites for hydroxylation is 2. The van der Waals surface area contributed by atoms with Crippen LogP contribution >= 0.6 is 0 Å². The first kappa shape index (κ1) is 30.4. The number of hydrogen-bond acceptors (Lipinski definition) is 1. The van der Waals surface area contributed by atoms with E-state index in [0.717, 1.165) is 50.5 Å². The maximum Gasteiger partial charge on any atom is 0.166 e. The Labute approximate surface area is 257 Å². The van der Waals surface area contributed by atoms with Gasteiger partial charge in [0.1, 0.15) is 0 Å². The van der Waals surface area contributed by atoms with E-state index in [4.69, 9.17) is 0 Å². The second-order valence-electron chi connectivity index (χ2n) is 11.8. The SMILES string of the molecule is CCCC(CC)C(=O)c1ccc2c(c1)C(CC)(CC)c1cc([S+](c3ccc(CC)cc3)c3ccc(CC)cc3)ccc1-2. The quantitative estimate of drug-likeness (QED) is 0.121. The van der Waals surface area contributed by atoms with Crippen molar-refractivity contribution >= 4 is 16.7 Å². The van der Waals surface area contributed by atoms with Crippen molar-refractivity contribution in [3.8, 4) is 11.1 Å². The minimum Gasteiger partial charge on any atom is -0.294 e. The number of ketones is 1. The third-order valence-corrected chi connectivity index (χ3v) is 11.9. The van der Waals surface area contributed by atoms with Crippen LogP contribution < -0.4 is 0 Å². The van der Waals surface area contributed by atoms with Crippen molar-refractivity contribution in [3.63, 3.8) is 0 Å². The van der Waals surface area contributed by atoms with E-state index < -0.39 is 0 Å². The largest absolute Gasteiger partial charge is 0.294 e. The van der Waals surface area contributed by atoms with Gasteiger partial charge in [0.25, 0.3) is 0 Å². The molecule has 4 aromatic rings. The van der Waals surface area contributed by atoms with Gasteiger partial charge in [-0.1, -0.05) is 84.4 Å². The molecule has 4 aromatic carbocycles. The maximum atomic E-state index is 13.6.